The molecule has 1 aliphatic heterocycles. The standard InChI is InChI=1S/C17H14N2O6/c1-23-9-10-7-13(14(24-2)18-8-10)17(22)25-19-15(20)11-5-3-4-6-12(11)16(19)21/h3-8H,9H2,1-2H3. The Bertz CT molecular complexity index is 829. The second-order valence-electron chi connectivity index (χ2n) is 5.16. The highest BCUT2D eigenvalue weighted by atomic mass is 16.7. The summed E-state index contributed by atoms with van der Waals surface area (Å²) in [5, 5.41) is 0.440. The Morgan fingerprint density at radius 1 is 1.12 bits per heavy atom. The fraction of sp³-hybridized carbons (Fsp3) is 0.176. The number of hydroxylamine groups is 2. The first kappa shape index (κ1) is 16.6. The van der Waals surface area contributed by atoms with Crippen molar-refractivity contribution < 1.29 is 28.7 Å². The molecule has 3 rings (SSSR count). The molecule has 2 heterocycles. The van der Waals surface area contributed by atoms with Crippen molar-refractivity contribution in [1.82, 2.24) is 10.0 Å². The third-order valence-corrected chi connectivity index (χ3v) is 3.56. The molecule has 1 aliphatic rings. The summed E-state index contributed by atoms with van der Waals surface area (Å²) >= 11 is 0. The zero-order chi connectivity index (χ0) is 18.0. The topological polar surface area (TPSA) is 95.0 Å². The van der Waals surface area contributed by atoms with Crippen LogP contribution in [0.1, 0.15) is 36.6 Å². The van der Waals surface area contributed by atoms with Gasteiger partial charge in [0, 0.05) is 13.3 Å². The van der Waals surface area contributed by atoms with Crippen molar-refractivity contribution in [2.45, 2.75) is 6.61 Å². The monoisotopic (exact) mass is 342 g/mol. The van der Waals surface area contributed by atoms with Crippen molar-refractivity contribution in [3.63, 3.8) is 0 Å². The van der Waals surface area contributed by atoms with Crippen molar-refractivity contribution in [2.75, 3.05) is 14.2 Å². The van der Waals surface area contributed by atoms with E-state index in [0.717, 1.165) is 0 Å². The van der Waals surface area contributed by atoms with Gasteiger partial charge in [0.25, 0.3) is 11.8 Å². The van der Waals surface area contributed by atoms with Gasteiger partial charge in [-0.05, 0) is 23.8 Å². The minimum absolute atomic E-state index is 0.0152. The van der Waals surface area contributed by atoms with Crippen LogP contribution in [0.3, 0.4) is 0 Å². The van der Waals surface area contributed by atoms with Gasteiger partial charge in [0.1, 0.15) is 5.56 Å². The minimum atomic E-state index is -0.934. The largest absolute Gasteiger partial charge is 0.480 e. The molecule has 0 bridgehead atoms. The first-order valence-corrected chi connectivity index (χ1v) is 7.28. The zero-order valence-corrected chi connectivity index (χ0v) is 13.5. The molecule has 2 amide bonds. The number of nitrogens with zero attached hydrogens (tertiary/aromatic N) is 2. The second-order valence-corrected chi connectivity index (χ2v) is 5.16. The normalized spacial score (nSPS) is 13.0. The summed E-state index contributed by atoms with van der Waals surface area (Å²) in [7, 11) is 2.85. The fourth-order valence-corrected chi connectivity index (χ4v) is 2.43. The Morgan fingerprint density at radius 3 is 2.32 bits per heavy atom. The summed E-state index contributed by atoms with van der Waals surface area (Å²) in [6.45, 7) is 0.226. The number of carbonyl (C=O) groups excluding carboxylic acids is 3. The number of aromatic nitrogens is 1. The van der Waals surface area contributed by atoms with Gasteiger partial charge >= 0.3 is 5.97 Å². The number of imide groups is 1. The predicted octanol–water partition coefficient (Wildman–Crippen LogP) is 1.60. The third-order valence-electron chi connectivity index (χ3n) is 3.56. The molecule has 0 N–H and O–H groups in total. The first-order valence-electron chi connectivity index (χ1n) is 7.28. The lowest BCUT2D eigenvalue weighted by Gasteiger charge is -2.14. The van der Waals surface area contributed by atoms with Crippen LogP contribution in [0.15, 0.2) is 36.5 Å². The smallest absolute Gasteiger partial charge is 0.369 e. The summed E-state index contributed by atoms with van der Waals surface area (Å²) < 4.78 is 10.0. The number of hydrogen-bond acceptors (Lipinski definition) is 7. The van der Waals surface area contributed by atoms with Gasteiger partial charge in [-0.15, -0.1) is 0 Å². The van der Waals surface area contributed by atoms with E-state index in [0.29, 0.717) is 10.6 Å². The molecule has 128 valence electrons. The molecule has 0 spiro atoms. The van der Waals surface area contributed by atoms with Crippen molar-refractivity contribution in [3.8, 4) is 5.88 Å². The van der Waals surface area contributed by atoms with Crippen LogP contribution in [0.5, 0.6) is 5.88 Å². The molecular formula is C17H14N2O6. The van der Waals surface area contributed by atoms with E-state index in [9.17, 15) is 14.4 Å². The van der Waals surface area contributed by atoms with E-state index in [2.05, 4.69) is 4.98 Å². The number of hydrogen-bond donors (Lipinski definition) is 0. The van der Waals surface area contributed by atoms with Gasteiger partial charge in [-0.1, -0.05) is 17.2 Å². The summed E-state index contributed by atoms with van der Waals surface area (Å²) in [5.41, 5.74) is 0.947. The van der Waals surface area contributed by atoms with Gasteiger partial charge in [-0.2, -0.15) is 0 Å². The molecule has 0 saturated heterocycles. The van der Waals surface area contributed by atoms with Gasteiger partial charge < -0.3 is 14.3 Å². The minimum Gasteiger partial charge on any atom is -0.480 e. The van der Waals surface area contributed by atoms with Crippen LogP contribution in [-0.4, -0.2) is 42.1 Å². The molecule has 8 nitrogen and oxygen atoms in total. The van der Waals surface area contributed by atoms with E-state index in [1.54, 1.807) is 12.1 Å². The fourth-order valence-electron chi connectivity index (χ4n) is 2.43. The lowest BCUT2D eigenvalue weighted by atomic mass is 10.1. The molecule has 25 heavy (non-hydrogen) atoms. The van der Waals surface area contributed by atoms with Gasteiger partial charge in [-0.3, -0.25) is 9.59 Å². The zero-order valence-electron chi connectivity index (χ0n) is 13.5. The molecule has 0 unspecified atom stereocenters. The lowest BCUT2D eigenvalue weighted by molar-refractivity contribution is -0.0586. The van der Waals surface area contributed by atoms with Gasteiger partial charge in [0.05, 0.1) is 24.8 Å². The van der Waals surface area contributed by atoms with E-state index in [1.807, 2.05) is 0 Å². The first-order chi connectivity index (χ1) is 12.1. The molecule has 0 aliphatic carbocycles. The maximum atomic E-state index is 12.4. The molecule has 0 radical (unpaired) electrons. The Hall–Kier alpha value is -3.26. The van der Waals surface area contributed by atoms with Crippen LogP contribution in [-0.2, 0) is 16.2 Å². The van der Waals surface area contributed by atoms with E-state index >= 15 is 0 Å². The number of methoxy groups -OCH3 is 2. The van der Waals surface area contributed by atoms with Crippen LogP contribution in [0, 0.1) is 0 Å². The summed E-state index contributed by atoms with van der Waals surface area (Å²) in [6.07, 6.45) is 1.49. The molecule has 8 heteroatoms. The maximum absolute atomic E-state index is 12.4. The van der Waals surface area contributed by atoms with Gasteiger partial charge in [0.2, 0.25) is 5.88 Å². The summed E-state index contributed by atoms with van der Waals surface area (Å²) in [5.74, 6) is -2.32. The number of rotatable bonds is 5. The Balaban J connectivity index is 1.87. The van der Waals surface area contributed by atoms with E-state index < -0.39 is 17.8 Å². The Labute approximate surface area is 142 Å². The van der Waals surface area contributed by atoms with Gasteiger partial charge in [0.15, 0.2) is 0 Å². The average Bonchev–Trinajstić information content (AvgIpc) is 2.87. The summed E-state index contributed by atoms with van der Waals surface area (Å²) in [4.78, 5) is 46.0. The molecule has 0 saturated carbocycles. The molecule has 0 fully saturated rings. The van der Waals surface area contributed by atoms with E-state index in [1.165, 1.54) is 38.6 Å². The number of pyridine rings is 1. The maximum Gasteiger partial charge on any atom is 0.369 e. The molecular weight excluding hydrogens is 328 g/mol. The molecule has 1 aromatic carbocycles. The highest BCUT2D eigenvalue weighted by Gasteiger charge is 2.39. The van der Waals surface area contributed by atoms with E-state index in [-0.39, 0.29) is 29.2 Å². The highest BCUT2D eigenvalue weighted by Crippen LogP contribution is 2.25. The van der Waals surface area contributed by atoms with Crippen LogP contribution in [0.4, 0.5) is 0 Å². The van der Waals surface area contributed by atoms with E-state index in [4.69, 9.17) is 14.3 Å². The third kappa shape index (κ3) is 2.94. The van der Waals surface area contributed by atoms with Crippen LogP contribution in [0.2, 0.25) is 0 Å². The van der Waals surface area contributed by atoms with Crippen LogP contribution in [0.25, 0.3) is 0 Å². The predicted molar refractivity (Wildman–Crippen MR) is 83.9 cm³/mol. The average molecular weight is 342 g/mol. The van der Waals surface area contributed by atoms with Crippen molar-refractivity contribution in [3.05, 3.63) is 58.8 Å². The SMILES string of the molecule is COCc1cnc(OC)c(C(=O)ON2C(=O)c3ccccc3C2=O)c1. The quantitative estimate of drug-likeness (QED) is 0.762. The number of ether oxygens (including phenoxy) is 2. The van der Waals surface area contributed by atoms with Crippen LogP contribution >= 0.6 is 0 Å². The van der Waals surface area contributed by atoms with Crippen molar-refractivity contribution >= 4 is 17.8 Å². The summed E-state index contributed by atoms with van der Waals surface area (Å²) in [6, 6.07) is 7.69. The number of benzene rings is 1. The Kier molecular flexibility index (Phi) is 4.44. The molecule has 1 aromatic heterocycles. The second kappa shape index (κ2) is 6.70. The highest BCUT2D eigenvalue weighted by molar-refractivity contribution is 6.21. The van der Waals surface area contributed by atoms with Crippen molar-refractivity contribution in [2.24, 2.45) is 0 Å². The number of amides is 2. The molecule has 2 aromatic rings. The van der Waals surface area contributed by atoms with Crippen molar-refractivity contribution in [1.29, 1.82) is 0 Å². The van der Waals surface area contributed by atoms with Gasteiger partial charge in [-0.25, -0.2) is 9.78 Å². The van der Waals surface area contributed by atoms with Crippen LogP contribution < -0.4 is 4.74 Å². The number of carbonyl (C=O) groups is 3. The molecule has 0 atom stereocenters. The Morgan fingerprint density at radius 2 is 1.76 bits per heavy atom. The lowest BCUT2D eigenvalue weighted by Crippen LogP contribution is -2.32. The number of fused-ring (bicyclic) bond motifs is 1.